The minimum absolute atomic E-state index is 0.627. The van der Waals surface area contributed by atoms with Crippen LogP contribution in [-0.4, -0.2) is 19.7 Å². The molecule has 0 fully saturated rings. The van der Waals surface area contributed by atoms with E-state index in [1.165, 1.54) is 5.56 Å². The molecule has 0 saturated carbocycles. The molecule has 33 heavy (non-hydrogen) atoms. The van der Waals surface area contributed by atoms with E-state index in [1.54, 1.807) is 6.20 Å². The van der Waals surface area contributed by atoms with Gasteiger partial charge in [0.15, 0.2) is 11.6 Å². The third-order valence-electron chi connectivity index (χ3n) is 5.67. The van der Waals surface area contributed by atoms with Gasteiger partial charge < -0.3 is 0 Å². The van der Waals surface area contributed by atoms with Crippen LogP contribution >= 0.6 is 0 Å². The van der Waals surface area contributed by atoms with Crippen LogP contribution in [0.15, 0.2) is 103 Å². The van der Waals surface area contributed by atoms with Crippen molar-refractivity contribution in [2.24, 2.45) is 5.92 Å². The van der Waals surface area contributed by atoms with Crippen LogP contribution in [0.1, 0.15) is 19.4 Å². The summed E-state index contributed by atoms with van der Waals surface area (Å²) < 4.78 is 2.14. The first-order valence-electron chi connectivity index (χ1n) is 11.3. The van der Waals surface area contributed by atoms with Gasteiger partial charge in [0.05, 0.1) is 0 Å². The number of benzene rings is 3. The molecule has 0 aliphatic rings. The van der Waals surface area contributed by atoms with Crippen molar-refractivity contribution < 1.29 is 0 Å². The summed E-state index contributed by atoms with van der Waals surface area (Å²) in [6.45, 7) is 4.48. The zero-order valence-corrected chi connectivity index (χ0v) is 18.9. The van der Waals surface area contributed by atoms with Crippen LogP contribution in [0.4, 0.5) is 0 Å². The molecule has 0 atom stereocenters. The van der Waals surface area contributed by atoms with Crippen LogP contribution in [0.3, 0.4) is 0 Å². The first-order chi connectivity index (χ1) is 16.2. The summed E-state index contributed by atoms with van der Waals surface area (Å²) in [4.78, 5) is 4.24. The van der Waals surface area contributed by atoms with Gasteiger partial charge in [-0.15, -0.1) is 10.2 Å². The summed E-state index contributed by atoms with van der Waals surface area (Å²) in [6, 6.07) is 31.4. The Kier molecular flexibility index (Phi) is 5.81. The Labute approximate surface area is 194 Å². The molecule has 0 aliphatic carbocycles. The zero-order valence-electron chi connectivity index (χ0n) is 18.9. The SMILES string of the molecule is CC(C)Cc1ccc(-c2nnc(-c3ccccc3)n2-c2ccc(-c3cccnc3)cc2)cc1. The fourth-order valence-electron chi connectivity index (χ4n) is 4.09. The first-order valence-corrected chi connectivity index (χ1v) is 11.3. The Balaban J connectivity index is 1.59. The standard InChI is InChI=1S/C29H26N4/c1-21(2)19-22-10-12-25(13-11-22)29-32-31-28(24-7-4-3-5-8-24)33(29)27-16-14-23(15-17-27)26-9-6-18-30-20-26/h3-18,20-21H,19H2,1-2H3. The van der Waals surface area contributed by atoms with Crippen molar-refractivity contribution >= 4 is 0 Å². The molecule has 0 saturated heterocycles. The van der Waals surface area contributed by atoms with E-state index in [0.29, 0.717) is 5.92 Å². The minimum atomic E-state index is 0.627. The lowest BCUT2D eigenvalue weighted by molar-refractivity contribution is 0.647. The Morgan fingerprint density at radius 1 is 0.636 bits per heavy atom. The number of aromatic nitrogens is 4. The van der Waals surface area contributed by atoms with Crippen LogP contribution in [0, 0.1) is 5.92 Å². The van der Waals surface area contributed by atoms with Crippen LogP contribution < -0.4 is 0 Å². The molecule has 4 nitrogen and oxygen atoms in total. The van der Waals surface area contributed by atoms with Gasteiger partial charge in [0.1, 0.15) is 0 Å². The van der Waals surface area contributed by atoms with Crippen molar-refractivity contribution in [3.63, 3.8) is 0 Å². The smallest absolute Gasteiger partial charge is 0.168 e. The van der Waals surface area contributed by atoms with E-state index < -0.39 is 0 Å². The third-order valence-corrected chi connectivity index (χ3v) is 5.67. The molecule has 3 aromatic carbocycles. The highest BCUT2D eigenvalue weighted by atomic mass is 15.3. The minimum Gasteiger partial charge on any atom is -0.275 e. The second-order valence-electron chi connectivity index (χ2n) is 8.63. The van der Waals surface area contributed by atoms with E-state index in [9.17, 15) is 0 Å². The van der Waals surface area contributed by atoms with Crippen molar-refractivity contribution in [2.75, 3.05) is 0 Å². The molecule has 0 N–H and O–H groups in total. The summed E-state index contributed by atoms with van der Waals surface area (Å²) >= 11 is 0. The van der Waals surface area contributed by atoms with E-state index in [4.69, 9.17) is 0 Å². The highest BCUT2D eigenvalue weighted by molar-refractivity contribution is 5.69. The highest BCUT2D eigenvalue weighted by Crippen LogP contribution is 2.30. The quantitative estimate of drug-likeness (QED) is 0.295. The van der Waals surface area contributed by atoms with Gasteiger partial charge >= 0.3 is 0 Å². The van der Waals surface area contributed by atoms with Crippen molar-refractivity contribution in [2.45, 2.75) is 20.3 Å². The lowest BCUT2D eigenvalue weighted by Crippen LogP contribution is -2.01. The van der Waals surface area contributed by atoms with Crippen LogP contribution in [-0.2, 0) is 6.42 Å². The maximum atomic E-state index is 4.61. The Bertz CT molecular complexity index is 1320. The van der Waals surface area contributed by atoms with Gasteiger partial charge in [-0.05, 0) is 47.2 Å². The number of hydrogen-bond acceptors (Lipinski definition) is 3. The molecule has 4 heteroatoms. The zero-order chi connectivity index (χ0) is 22.6. The lowest BCUT2D eigenvalue weighted by atomic mass is 10.0. The van der Waals surface area contributed by atoms with Crippen molar-refractivity contribution in [3.05, 3.63) is 109 Å². The van der Waals surface area contributed by atoms with E-state index in [0.717, 1.165) is 46.0 Å². The summed E-state index contributed by atoms with van der Waals surface area (Å²) in [6.07, 6.45) is 4.74. The average molecular weight is 431 g/mol. The van der Waals surface area contributed by atoms with Gasteiger partial charge in [-0.25, -0.2) is 0 Å². The summed E-state index contributed by atoms with van der Waals surface area (Å²) in [5.41, 5.74) is 6.66. The summed E-state index contributed by atoms with van der Waals surface area (Å²) in [7, 11) is 0. The molecule has 5 rings (SSSR count). The maximum Gasteiger partial charge on any atom is 0.168 e. The van der Waals surface area contributed by atoms with E-state index >= 15 is 0 Å². The van der Waals surface area contributed by atoms with Gasteiger partial charge in [-0.2, -0.15) is 0 Å². The molecule has 5 aromatic rings. The molecule has 162 valence electrons. The molecule has 0 bridgehead atoms. The molecular formula is C29H26N4. The second kappa shape index (κ2) is 9.21. The molecule has 0 unspecified atom stereocenters. The van der Waals surface area contributed by atoms with Gasteiger partial charge in [0.25, 0.3) is 0 Å². The molecule has 0 aliphatic heterocycles. The molecule has 0 radical (unpaired) electrons. The Morgan fingerprint density at radius 2 is 1.24 bits per heavy atom. The monoisotopic (exact) mass is 430 g/mol. The molecule has 0 spiro atoms. The number of rotatable bonds is 6. The van der Waals surface area contributed by atoms with Crippen molar-refractivity contribution in [3.8, 4) is 39.6 Å². The maximum absolute atomic E-state index is 4.61. The summed E-state index contributed by atoms with van der Waals surface area (Å²) in [5, 5.41) is 9.21. The predicted molar refractivity (Wildman–Crippen MR) is 134 cm³/mol. The number of nitrogens with zero attached hydrogens (tertiary/aromatic N) is 4. The van der Waals surface area contributed by atoms with E-state index in [-0.39, 0.29) is 0 Å². The van der Waals surface area contributed by atoms with Crippen LogP contribution in [0.2, 0.25) is 0 Å². The van der Waals surface area contributed by atoms with Gasteiger partial charge in [0, 0.05) is 29.2 Å². The van der Waals surface area contributed by atoms with E-state index in [2.05, 4.69) is 100 Å². The lowest BCUT2D eigenvalue weighted by Gasteiger charge is -2.12. The largest absolute Gasteiger partial charge is 0.275 e. The van der Waals surface area contributed by atoms with Gasteiger partial charge in [-0.3, -0.25) is 9.55 Å². The van der Waals surface area contributed by atoms with Crippen molar-refractivity contribution in [1.82, 2.24) is 19.7 Å². The number of pyridine rings is 1. The average Bonchev–Trinajstić information content (AvgIpc) is 3.30. The third kappa shape index (κ3) is 4.46. The highest BCUT2D eigenvalue weighted by Gasteiger charge is 2.17. The van der Waals surface area contributed by atoms with Crippen molar-refractivity contribution in [1.29, 1.82) is 0 Å². The molecule has 0 amide bonds. The first kappa shape index (κ1) is 20.8. The fraction of sp³-hybridized carbons (Fsp3) is 0.138. The van der Waals surface area contributed by atoms with Crippen LogP contribution in [0.5, 0.6) is 0 Å². The van der Waals surface area contributed by atoms with Gasteiger partial charge in [-0.1, -0.05) is 86.6 Å². The number of hydrogen-bond donors (Lipinski definition) is 0. The normalized spacial score (nSPS) is 11.1. The topological polar surface area (TPSA) is 43.6 Å². The Hall–Kier alpha value is -4.05. The molecular weight excluding hydrogens is 404 g/mol. The van der Waals surface area contributed by atoms with E-state index in [1.807, 2.05) is 30.5 Å². The summed E-state index contributed by atoms with van der Waals surface area (Å²) in [5.74, 6) is 2.28. The molecule has 2 heterocycles. The Morgan fingerprint density at radius 3 is 1.85 bits per heavy atom. The predicted octanol–water partition coefficient (Wildman–Crippen LogP) is 6.86. The fourth-order valence-corrected chi connectivity index (χ4v) is 4.09. The molecule has 2 aromatic heterocycles. The second-order valence-corrected chi connectivity index (χ2v) is 8.63. The van der Waals surface area contributed by atoms with Crippen LogP contribution in [0.25, 0.3) is 39.6 Å². The van der Waals surface area contributed by atoms with Gasteiger partial charge in [0.2, 0.25) is 0 Å².